The number of pyridine rings is 1. The molecule has 0 aliphatic carbocycles. The van der Waals surface area contributed by atoms with Gasteiger partial charge in [0.15, 0.2) is 0 Å². The third-order valence-electron chi connectivity index (χ3n) is 5.42. The molecule has 6 heteroatoms. The van der Waals surface area contributed by atoms with Crippen molar-refractivity contribution >= 4 is 23.6 Å². The van der Waals surface area contributed by atoms with Crippen molar-refractivity contribution in [2.75, 3.05) is 19.1 Å². The molecule has 6 nitrogen and oxygen atoms in total. The monoisotopic (exact) mass is 477 g/mol. The molecule has 0 aliphatic heterocycles. The van der Waals surface area contributed by atoms with Crippen LogP contribution >= 0.6 is 0 Å². The summed E-state index contributed by atoms with van der Waals surface area (Å²) >= 11 is 0. The molecule has 0 saturated carbocycles. The van der Waals surface area contributed by atoms with E-state index in [0.717, 1.165) is 22.7 Å². The summed E-state index contributed by atoms with van der Waals surface area (Å²) in [4.78, 5) is 30.1. The Kier molecular flexibility index (Phi) is 11.2. The molecule has 1 N–H and O–H groups in total. The van der Waals surface area contributed by atoms with Crippen LogP contribution in [-0.4, -0.2) is 37.0 Å². The molecule has 2 amide bonds. The summed E-state index contributed by atoms with van der Waals surface area (Å²) in [5.74, 6) is 0.373. The molecule has 3 rings (SSSR count). The Hall–Kier alpha value is -3.93. The highest BCUT2D eigenvalue weighted by molar-refractivity contribution is 5.98. The number of rotatable bonds is 8. The topological polar surface area (TPSA) is 71.5 Å². The molecule has 1 aromatic heterocycles. The van der Waals surface area contributed by atoms with Gasteiger partial charge in [-0.3, -0.25) is 14.6 Å². The molecule has 0 aliphatic rings. The van der Waals surface area contributed by atoms with Crippen LogP contribution in [0.1, 0.15) is 39.9 Å². The van der Waals surface area contributed by atoms with E-state index < -0.39 is 6.04 Å². The maximum Gasteiger partial charge on any atom is 0.249 e. The van der Waals surface area contributed by atoms with Crippen molar-refractivity contribution in [1.82, 2.24) is 10.3 Å². The van der Waals surface area contributed by atoms with Crippen LogP contribution in [0.3, 0.4) is 0 Å². The smallest absolute Gasteiger partial charge is 0.249 e. The second-order valence-corrected chi connectivity index (χ2v) is 8.05. The SMILES string of the molecule is C/C=C\c1cccnc1C.COc1ccc(N(C)C(=O)[C@H](CCc2ccccc2)NC(C)=O)cc1.[HH].[HH]. The van der Waals surface area contributed by atoms with Crippen LogP contribution in [0.15, 0.2) is 79.0 Å². The lowest BCUT2D eigenvalue weighted by Gasteiger charge is -2.24. The number of nitrogens with zero attached hydrogens (tertiary/aromatic N) is 2. The number of anilines is 1. The van der Waals surface area contributed by atoms with Crippen molar-refractivity contribution in [1.29, 1.82) is 0 Å². The Labute approximate surface area is 211 Å². The number of nitrogens with one attached hydrogen (secondary N) is 1. The van der Waals surface area contributed by atoms with Crippen molar-refractivity contribution < 1.29 is 17.2 Å². The zero-order valence-electron chi connectivity index (χ0n) is 21.2. The van der Waals surface area contributed by atoms with Gasteiger partial charge in [0.1, 0.15) is 11.8 Å². The molecule has 0 unspecified atom stereocenters. The molecule has 1 atom stereocenters. The fourth-order valence-electron chi connectivity index (χ4n) is 3.48. The molecule has 188 valence electrons. The van der Waals surface area contributed by atoms with Crippen LogP contribution < -0.4 is 15.0 Å². The van der Waals surface area contributed by atoms with Gasteiger partial charge in [0.2, 0.25) is 11.8 Å². The van der Waals surface area contributed by atoms with E-state index in [9.17, 15) is 9.59 Å². The molecular weight excluding hydrogens is 438 g/mol. The first-order chi connectivity index (χ1) is 16.8. The van der Waals surface area contributed by atoms with Crippen molar-refractivity contribution in [2.24, 2.45) is 0 Å². The van der Waals surface area contributed by atoms with Gasteiger partial charge in [-0.25, -0.2) is 0 Å². The lowest BCUT2D eigenvalue weighted by Crippen LogP contribution is -2.47. The van der Waals surface area contributed by atoms with E-state index in [-0.39, 0.29) is 14.7 Å². The fourth-order valence-corrected chi connectivity index (χ4v) is 3.48. The summed E-state index contributed by atoms with van der Waals surface area (Å²) in [5.41, 5.74) is 4.17. The number of hydrogen-bond acceptors (Lipinski definition) is 4. The summed E-state index contributed by atoms with van der Waals surface area (Å²) in [7, 11) is 3.31. The molecule has 3 aromatic rings. The predicted molar refractivity (Wildman–Crippen MR) is 147 cm³/mol. The van der Waals surface area contributed by atoms with E-state index in [1.54, 1.807) is 31.2 Å². The van der Waals surface area contributed by atoms with E-state index in [0.29, 0.717) is 12.8 Å². The molecule has 0 spiro atoms. The molecule has 1 heterocycles. The Morgan fingerprint density at radius 3 is 2.34 bits per heavy atom. The third kappa shape index (κ3) is 9.08. The number of benzene rings is 2. The highest BCUT2D eigenvalue weighted by atomic mass is 16.5. The lowest BCUT2D eigenvalue weighted by molar-refractivity contribution is -0.126. The molecular formula is C29H39N3O3. The van der Waals surface area contributed by atoms with Crippen molar-refractivity contribution in [3.63, 3.8) is 0 Å². The molecule has 0 bridgehead atoms. The minimum Gasteiger partial charge on any atom is -0.497 e. The van der Waals surface area contributed by atoms with Gasteiger partial charge in [0.05, 0.1) is 7.11 Å². The van der Waals surface area contributed by atoms with Gasteiger partial charge in [-0.1, -0.05) is 48.6 Å². The molecule has 0 radical (unpaired) electrons. The van der Waals surface area contributed by atoms with Gasteiger partial charge in [-0.15, -0.1) is 0 Å². The summed E-state index contributed by atoms with van der Waals surface area (Å²) in [6.45, 7) is 5.44. The van der Waals surface area contributed by atoms with Crippen LogP contribution in [0.25, 0.3) is 6.08 Å². The van der Waals surface area contributed by atoms with E-state index >= 15 is 0 Å². The van der Waals surface area contributed by atoms with E-state index in [2.05, 4.69) is 22.4 Å². The van der Waals surface area contributed by atoms with Gasteiger partial charge in [-0.2, -0.15) is 0 Å². The normalized spacial score (nSPS) is 11.2. The average Bonchev–Trinajstić information content (AvgIpc) is 2.88. The Morgan fingerprint density at radius 2 is 1.77 bits per heavy atom. The number of aromatic nitrogens is 1. The molecule has 2 aromatic carbocycles. The van der Waals surface area contributed by atoms with Crippen LogP contribution in [-0.2, 0) is 16.0 Å². The highest BCUT2D eigenvalue weighted by Gasteiger charge is 2.23. The highest BCUT2D eigenvalue weighted by Crippen LogP contribution is 2.19. The van der Waals surface area contributed by atoms with Gasteiger partial charge in [0.25, 0.3) is 0 Å². The number of amides is 2. The number of carbonyl (C=O) groups excluding carboxylic acids is 2. The van der Waals surface area contributed by atoms with Gasteiger partial charge in [0, 0.05) is 34.4 Å². The minimum absolute atomic E-state index is 0. The van der Waals surface area contributed by atoms with Gasteiger partial charge in [-0.05, 0) is 68.1 Å². The quantitative estimate of drug-likeness (QED) is 0.451. The lowest BCUT2D eigenvalue weighted by atomic mass is 10.0. The average molecular weight is 478 g/mol. The minimum atomic E-state index is -0.565. The van der Waals surface area contributed by atoms with Crippen LogP contribution in [0.4, 0.5) is 5.69 Å². The summed E-state index contributed by atoms with van der Waals surface area (Å²) in [6, 6.07) is 20.6. The van der Waals surface area contributed by atoms with Crippen molar-refractivity contribution in [3.8, 4) is 5.75 Å². The fraction of sp³-hybridized carbons (Fsp3) is 0.276. The van der Waals surface area contributed by atoms with Crippen LogP contribution in [0.2, 0.25) is 0 Å². The van der Waals surface area contributed by atoms with E-state index in [4.69, 9.17) is 4.74 Å². The first kappa shape index (κ1) is 27.3. The first-order valence-corrected chi connectivity index (χ1v) is 11.6. The first-order valence-electron chi connectivity index (χ1n) is 11.6. The Bertz CT molecular complexity index is 1110. The number of ether oxygens (including phenoxy) is 1. The maximum absolute atomic E-state index is 12.8. The second kappa shape index (κ2) is 14.4. The van der Waals surface area contributed by atoms with Gasteiger partial charge < -0.3 is 15.0 Å². The molecule has 0 fully saturated rings. The third-order valence-corrected chi connectivity index (χ3v) is 5.42. The zero-order chi connectivity index (χ0) is 25.6. The summed E-state index contributed by atoms with van der Waals surface area (Å²) in [5, 5.41) is 2.77. The largest absolute Gasteiger partial charge is 0.497 e. The van der Waals surface area contributed by atoms with E-state index in [1.165, 1.54) is 12.5 Å². The van der Waals surface area contributed by atoms with Crippen LogP contribution in [0, 0.1) is 6.92 Å². The number of aryl methyl sites for hydroxylation is 2. The summed E-state index contributed by atoms with van der Waals surface area (Å²) < 4.78 is 5.14. The van der Waals surface area contributed by atoms with Crippen molar-refractivity contribution in [2.45, 2.75) is 39.7 Å². The number of allylic oxidation sites excluding steroid dienone is 1. The number of methoxy groups -OCH3 is 1. The summed E-state index contributed by atoms with van der Waals surface area (Å²) in [6.07, 6.45) is 7.14. The number of hydrogen-bond donors (Lipinski definition) is 1. The molecule has 0 saturated heterocycles. The van der Waals surface area contributed by atoms with Crippen molar-refractivity contribution in [3.05, 3.63) is 95.8 Å². The Balaban J connectivity index is 0.000000913. The second-order valence-electron chi connectivity index (χ2n) is 8.05. The zero-order valence-corrected chi connectivity index (χ0v) is 21.2. The van der Waals surface area contributed by atoms with E-state index in [1.807, 2.05) is 74.7 Å². The maximum atomic E-state index is 12.8. The number of carbonyl (C=O) groups is 2. The molecule has 35 heavy (non-hydrogen) atoms. The van der Waals surface area contributed by atoms with Crippen LogP contribution in [0.5, 0.6) is 5.75 Å². The predicted octanol–water partition coefficient (Wildman–Crippen LogP) is 5.71. The van der Waals surface area contributed by atoms with Gasteiger partial charge >= 0.3 is 0 Å². The number of likely N-dealkylation sites (N-methyl/N-ethyl adjacent to an activating group) is 1. The standard InChI is InChI=1S/C20H24N2O3.C9H11N.2H2/c1-15(23)21-19(14-9-16-7-5-4-6-8-16)20(24)22(2)17-10-12-18(25-3)13-11-17;1-3-5-9-6-4-7-10-8(9)2;;/h4-8,10-13,19H,9,14H2,1-3H3,(H,21,23);3-7H,1-2H3;2*1H/b;5-3-;;/t19-;;;/m0.../s1. The Morgan fingerprint density at radius 1 is 1.09 bits per heavy atom.